The zero-order valence-electron chi connectivity index (χ0n) is 10.4. The van der Waals surface area contributed by atoms with E-state index in [2.05, 4.69) is 67.0 Å². The number of benzene rings is 1. The fraction of sp³-hybridized carbons (Fsp3) is 0.308. The van der Waals surface area contributed by atoms with Crippen LogP contribution in [0.5, 0.6) is 0 Å². The van der Waals surface area contributed by atoms with Crippen molar-refractivity contribution in [3.05, 3.63) is 46.5 Å². The average Bonchev–Trinajstić information content (AvgIpc) is 2.74. The molecule has 0 spiro atoms. The lowest BCUT2D eigenvalue weighted by molar-refractivity contribution is 0.760. The molecule has 0 unspecified atom stereocenters. The summed E-state index contributed by atoms with van der Waals surface area (Å²) < 4.78 is 3.15. The van der Waals surface area contributed by atoms with E-state index in [1.54, 1.807) is 0 Å². The first-order valence-corrected chi connectivity index (χ1v) is 7.55. The van der Waals surface area contributed by atoms with Crippen LogP contribution < -0.4 is 4.90 Å². The summed E-state index contributed by atoms with van der Waals surface area (Å²) in [6.07, 6.45) is 3.80. The van der Waals surface area contributed by atoms with Gasteiger partial charge in [0.2, 0.25) is 0 Å². The molecule has 0 radical (unpaired) electrons. The molecule has 0 N–H and O–H groups in total. The van der Waals surface area contributed by atoms with Crippen LogP contribution in [0.2, 0.25) is 0 Å². The number of nitrogens with zero attached hydrogens (tertiary/aromatic N) is 3. The van der Waals surface area contributed by atoms with E-state index in [1.165, 1.54) is 11.3 Å². The average molecular weight is 373 g/mol. The number of hydrogen-bond donors (Lipinski definition) is 0. The van der Waals surface area contributed by atoms with E-state index in [9.17, 15) is 0 Å². The van der Waals surface area contributed by atoms with Gasteiger partial charge in [-0.2, -0.15) is 0 Å². The Kier molecular flexibility index (Phi) is 4.45. The van der Waals surface area contributed by atoms with Crippen molar-refractivity contribution in [3.8, 4) is 0 Å². The summed E-state index contributed by atoms with van der Waals surface area (Å²) in [5, 5.41) is 0.840. The maximum atomic E-state index is 4.35. The van der Waals surface area contributed by atoms with Gasteiger partial charge >= 0.3 is 0 Å². The van der Waals surface area contributed by atoms with E-state index >= 15 is 0 Å². The first-order chi connectivity index (χ1) is 8.61. The van der Waals surface area contributed by atoms with Crippen molar-refractivity contribution < 1.29 is 0 Å². The summed E-state index contributed by atoms with van der Waals surface area (Å²) in [6.45, 7) is 0.797. The van der Waals surface area contributed by atoms with Gasteiger partial charge in [-0.05, 0) is 23.8 Å². The highest BCUT2D eigenvalue weighted by molar-refractivity contribution is 9.10. The highest BCUT2D eigenvalue weighted by Gasteiger charge is 2.10. The van der Waals surface area contributed by atoms with E-state index < -0.39 is 0 Å². The van der Waals surface area contributed by atoms with Crippen molar-refractivity contribution in [1.82, 2.24) is 9.55 Å². The van der Waals surface area contributed by atoms with Crippen LogP contribution in [-0.4, -0.2) is 16.6 Å². The molecule has 0 aliphatic heterocycles. The largest absolute Gasteiger partial charge is 0.367 e. The van der Waals surface area contributed by atoms with Crippen LogP contribution >= 0.6 is 31.9 Å². The minimum Gasteiger partial charge on any atom is -0.367 e. The Hall–Kier alpha value is -0.810. The summed E-state index contributed by atoms with van der Waals surface area (Å²) >= 11 is 7.04. The van der Waals surface area contributed by atoms with Gasteiger partial charge in [0.1, 0.15) is 5.82 Å². The molecule has 96 valence electrons. The number of alkyl halides is 1. The highest BCUT2D eigenvalue weighted by Crippen LogP contribution is 2.26. The van der Waals surface area contributed by atoms with Crippen LogP contribution in [0.4, 0.5) is 5.69 Å². The third-order valence-electron chi connectivity index (χ3n) is 2.90. The standard InChI is InChI=1S/C13H15Br2N3/c1-17-6-5-16-13(17)9-18(2)12-4-3-11(15)7-10(12)8-14/h3-7H,8-9H2,1-2H3. The number of aryl methyl sites for hydroxylation is 1. The topological polar surface area (TPSA) is 21.1 Å². The molecular weight excluding hydrogens is 358 g/mol. The first kappa shape index (κ1) is 13.6. The van der Waals surface area contributed by atoms with Crippen molar-refractivity contribution in [1.29, 1.82) is 0 Å². The van der Waals surface area contributed by atoms with Gasteiger partial charge in [0.25, 0.3) is 0 Å². The molecule has 18 heavy (non-hydrogen) atoms. The molecule has 0 saturated heterocycles. The van der Waals surface area contributed by atoms with Gasteiger partial charge in [0.05, 0.1) is 6.54 Å². The molecule has 1 aromatic carbocycles. The quantitative estimate of drug-likeness (QED) is 0.762. The Labute approximate surface area is 124 Å². The SMILES string of the molecule is CN(Cc1nccn1C)c1ccc(Br)cc1CBr. The minimum atomic E-state index is 0.797. The van der Waals surface area contributed by atoms with Crippen molar-refractivity contribution in [3.63, 3.8) is 0 Å². The maximum Gasteiger partial charge on any atom is 0.127 e. The Bertz CT molecular complexity index is 537. The Morgan fingerprint density at radius 3 is 2.78 bits per heavy atom. The number of imidazole rings is 1. The number of halogens is 2. The van der Waals surface area contributed by atoms with Crippen LogP contribution in [0.25, 0.3) is 0 Å². The number of aromatic nitrogens is 2. The molecule has 2 rings (SSSR count). The second-order valence-electron chi connectivity index (χ2n) is 4.22. The summed E-state index contributed by atoms with van der Waals surface area (Å²) in [4.78, 5) is 6.57. The fourth-order valence-corrected chi connectivity index (χ4v) is 2.74. The number of anilines is 1. The molecule has 2 aromatic rings. The van der Waals surface area contributed by atoms with Gasteiger partial charge < -0.3 is 9.47 Å². The predicted octanol–water partition coefficient (Wildman–Crippen LogP) is 3.71. The van der Waals surface area contributed by atoms with Crippen molar-refractivity contribution in [2.75, 3.05) is 11.9 Å². The Morgan fingerprint density at radius 1 is 1.39 bits per heavy atom. The molecule has 0 bridgehead atoms. The van der Waals surface area contributed by atoms with Crippen molar-refractivity contribution >= 4 is 37.5 Å². The number of rotatable bonds is 4. The first-order valence-electron chi connectivity index (χ1n) is 5.63. The molecule has 0 aliphatic rings. The van der Waals surface area contributed by atoms with E-state index in [1.807, 2.05) is 24.0 Å². The zero-order chi connectivity index (χ0) is 13.1. The lowest BCUT2D eigenvalue weighted by Gasteiger charge is -2.22. The molecule has 3 nitrogen and oxygen atoms in total. The summed E-state index contributed by atoms with van der Waals surface area (Å²) in [6, 6.07) is 6.33. The van der Waals surface area contributed by atoms with Gasteiger partial charge in [0.15, 0.2) is 0 Å². The fourth-order valence-electron chi connectivity index (χ4n) is 1.88. The van der Waals surface area contributed by atoms with Crippen LogP contribution in [-0.2, 0) is 18.9 Å². The summed E-state index contributed by atoms with van der Waals surface area (Å²) in [5.74, 6) is 1.06. The molecule has 5 heteroatoms. The van der Waals surface area contributed by atoms with Gasteiger partial charge in [-0.25, -0.2) is 4.98 Å². The predicted molar refractivity (Wildman–Crippen MR) is 82.1 cm³/mol. The normalized spacial score (nSPS) is 10.7. The molecular formula is C13H15Br2N3. The van der Waals surface area contributed by atoms with E-state index in [0.717, 1.165) is 22.2 Å². The van der Waals surface area contributed by atoms with Crippen LogP contribution in [0.3, 0.4) is 0 Å². The minimum absolute atomic E-state index is 0.797. The lowest BCUT2D eigenvalue weighted by Crippen LogP contribution is -2.20. The molecule has 0 fully saturated rings. The van der Waals surface area contributed by atoms with Crippen molar-refractivity contribution in [2.24, 2.45) is 7.05 Å². The van der Waals surface area contributed by atoms with E-state index in [-0.39, 0.29) is 0 Å². The smallest absolute Gasteiger partial charge is 0.127 e. The third-order valence-corrected chi connectivity index (χ3v) is 3.99. The van der Waals surface area contributed by atoms with E-state index in [4.69, 9.17) is 0 Å². The van der Waals surface area contributed by atoms with Gasteiger partial charge in [0, 0.05) is 42.0 Å². The summed E-state index contributed by atoms with van der Waals surface area (Å²) in [7, 11) is 4.10. The van der Waals surface area contributed by atoms with Gasteiger partial charge in [-0.3, -0.25) is 0 Å². The molecule has 1 heterocycles. The number of hydrogen-bond acceptors (Lipinski definition) is 2. The Balaban J connectivity index is 2.23. The van der Waals surface area contributed by atoms with Gasteiger partial charge in [-0.1, -0.05) is 31.9 Å². The molecule has 0 amide bonds. The van der Waals surface area contributed by atoms with E-state index in [0.29, 0.717) is 0 Å². The Morgan fingerprint density at radius 2 is 2.17 bits per heavy atom. The van der Waals surface area contributed by atoms with Crippen LogP contribution in [0.1, 0.15) is 11.4 Å². The second kappa shape index (κ2) is 5.89. The second-order valence-corrected chi connectivity index (χ2v) is 5.69. The van der Waals surface area contributed by atoms with Crippen LogP contribution in [0, 0.1) is 0 Å². The zero-order valence-corrected chi connectivity index (χ0v) is 13.6. The monoisotopic (exact) mass is 371 g/mol. The van der Waals surface area contributed by atoms with Crippen molar-refractivity contribution in [2.45, 2.75) is 11.9 Å². The van der Waals surface area contributed by atoms with Crippen LogP contribution in [0.15, 0.2) is 35.1 Å². The molecule has 0 atom stereocenters. The lowest BCUT2D eigenvalue weighted by atomic mass is 10.2. The maximum absolute atomic E-state index is 4.35. The molecule has 0 saturated carbocycles. The third kappa shape index (κ3) is 2.95. The summed E-state index contributed by atoms with van der Waals surface area (Å²) in [5.41, 5.74) is 2.49. The molecule has 1 aromatic heterocycles. The highest BCUT2D eigenvalue weighted by atomic mass is 79.9. The molecule has 0 aliphatic carbocycles. The van der Waals surface area contributed by atoms with Gasteiger partial charge in [-0.15, -0.1) is 0 Å².